The van der Waals surface area contributed by atoms with E-state index in [1.165, 1.54) is 0 Å². The van der Waals surface area contributed by atoms with Crippen molar-refractivity contribution in [3.8, 4) is 0 Å². The maximum atomic E-state index is 14.1. The predicted molar refractivity (Wildman–Crippen MR) is 165 cm³/mol. The minimum atomic E-state index is -2.49. The van der Waals surface area contributed by atoms with E-state index in [4.69, 9.17) is 0 Å². The van der Waals surface area contributed by atoms with Crippen molar-refractivity contribution in [2.24, 2.45) is 0 Å². The summed E-state index contributed by atoms with van der Waals surface area (Å²) in [5, 5.41) is 6.42. The molecule has 198 valence electrons. The first-order valence-electron chi connectivity index (χ1n) is 13.1. The third-order valence-corrected chi connectivity index (χ3v) is 11.0. The van der Waals surface area contributed by atoms with Gasteiger partial charge in [0.05, 0.1) is 0 Å². The highest BCUT2D eigenvalue weighted by Crippen LogP contribution is 2.57. The zero-order valence-electron chi connectivity index (χ0n) is 21.8. The second-order valence-corrected chi connectivity index (χ2v) is 12.7. The quantitative estimate of drug-likeness (QED) is 0.235. The molecule has 1 aliphatic heterocycles. The number of nitrogens with zero attached hydrogens (tertiary/aromatic N) is 1. The summed E-state index contributed by atoms with van der Waals surface area (Å²) in [6.45, 7) is 1.40. The molecule has 4 aromatic rings. The number of hydrogen-bond acceptors (Lipinski definition) is 2. The Morgan fingerprint density at radius 3 is 1.46 bits per heavy atom. The summed E-state index contributed by atoms with van der Waals surface area (Å²) >= 11 is 0. The standard InChI is InChI=1S/C33H31N2O2P.ClH/c36-32(27-16-6-1-7-17-27)34-31(33(37)35-24-14-5-15-25-35)26-38(28-18-8-2-9-19-28,29-20-10-3-11-21-29)30-22-12-4-13-23-30;/h1-4,6-13,16-23,26H,5,14-15,24-25H2;1H/p+1. The minimum Gasteiger partial charge on any atom is -0.337 e. The molecule has 1 saturated heterocycles. The normalized spacial score (nSPS) is 13.7. The second-order valence-electron chi connectivity index (χ2n) is 9.45. The number of piperidine rings is 1. The van der Waals surface area contributed by atoms with Gasteiger partial charge in [-0.25, -0.2) is 0 Å². The molecule has 5 rings (SSSR count). The van der Waals surface area contributed by atoms with Gasteiger partial charge in [0.25, 0.3) is 11.8 Å². The Balaban J connectivity index is 0.00000353. The summed E-state index contributed by atoms with van der Waals surface area (Å²) in [6.07, 6.45) is 3.07. The van der Waals surface area contributed by atoms with Crippen LogP contribution in [0.2, 0.25) is 0 Å². The number of nitrogens with one attached hydrogen (secondary N) is 1. The van der Waals surface area contributed by atoms with Gasteiger partial charge in [0.15, 0.2) is 0 Å². The van der Waals surface area contributed by atoms with E-state index in [9.17, 15) is 9.59 Å². The van der Waals surface area contributed by atoms with Crippen LogP contribution in [0.4, 0.5) is 0 Å². The Bertz CT molecular complexity index is 1290. The monoisotopic (exact) mass is 555 g/mol. The number of likely N-dealkylation sites (tertiary alicyclic amines) is 1. The number of carbonyl (C=O) groups excluding carboxylic acids is 2. The average Bonchev–Trinajstić information content (AvgIpc) is 3.01. The van der Waals surface area contributed by atoms with E-state index in [0.29, 0.717) is 24.4 Å². The van der Waals surface area contributed by atoms with Crippen LogP contribution in [0.1, 0.15) is 29.6 Å². The van der Waals surface area contributed by atoms with Gasteiger partial charge >= 0.3 is 0 Å². The molecule has 0 bridgehead atoms. The van der Waals surface area contributed by atoms with E-state index >= 15 is 0 Å². The molecule has 4 nitrogen and oxygen atoms in total. The highest BCUT2D eigenvalue weighted by molar-refractivity contribution is 7.98. The number of rotatable bonds is 7. The Morgan fingerprint density at radius 2 is 1.03 bits per heavy atom. The first-order valence-corrected chi connectivity index (χ1v) is 15.0. The molecule has 2 amide bonds. The number of amides is 2. The molecule has 0 spiro atoms. The lowest BCUT2D eigenvalue weighted by Gasteiger charge is -2.29. The van der Waals surface area contributed by atoms with Crippen LogP contribution >= 0.6 is 19.7 Å². The van der Waals surface area contributed by atoms with Gasteiger partial charge in [-0.15, -0.1) is 12.4 Å². The maximum Gasteiger partial charge on any atom is 0.273 e. The molecular formula is C33H33ClN2O2P+. The molecule has 0 aromatic heterocycles. The van der Waals surface area contributed by atoms with Crippen molar-refractivity contribution in [2.45, 2.75) is 19.3 Å². The van der Waals surface area contributed by atoms with Gasteiger partial charge in [-0.2, -0.15) is 0 Å². The fraction of sp³-hybridized carbons (Fsp3) is 0.152. The van der Waals surface area contributed by atoms with Crippen LogP contribution in [-0.2, 0) is 4.79 Å². The number of benzene rings is 4. The number of hydrogen-bond donors (Lipinski definition) is 1. The zero-order chi connectivity index (χ0) is 26.2. The summed E-state index contributed by atoms with van der Waals surface area (Å²) in [6, 6.07) is 40.1. The molecule has 6 heteroatoms. The topological polar surface area (TPSA) is 49.4 Å². The van der Waals surface area contributed by atoms with E-state index in [-0.39, 0.29) is 24.2 Å². The molecular weight excluding hydrogens is 523 g/mol. The van der Waals surface area contributed by atoms with Crippen molar-refractivity contribution in [1.82, 2.24) is 10.2 Å². The molecule has 0 aliphatic carbocycles. The van der Waals surface area contributed by atoms with Gasteiger partial charge in [0.2, 0.25) is 0 Å². The van der Waals surface area contributed by atoms with Gasteiger partial charge in [-0.05, 0) is 67.8 Å². The van der Waals surface area contributed by atoms with Crippen molar-refractivity contribution < 1.29 is 9.59 Å². The van der Waals surface area contributed by atoms with Crippen LogP contribution in [-0.4, -0.2) is 29.8 Å². The van der Waals surface area contributed by atoms with Gasteiger partial charge in [-0.1, -0.05) is 72.8 Å². The Labute approximate surface area is 237 Å². The molecule has 1 fully saturated rings. The Kier molecular flexibility index (Phi) is 9.70. The fourth-order valence-corrected chi connectivity index (χ4v) is 8.88. The summed E-state index contributed by atoms with van der Waals surface area (Å²) in [5.41, 5.74) is 0.860. The lowest BCUT2D eigenvalue weighted by Crippen LogP contribution is -2.42. The van der Waals surface area contributed by atoms with E-state index in [1.54, 1.807) is 12.1 Å². The Morgan fingerprint density at radius 1 is 0.615 bits per heavy atom. The highest BCUT2D eigenvalue weighted by Gasteiger charge is 2.45. The van der Waals surface area contributed by atoms with Crippen LogP contribution in [0.5, 0.6) is 0 Å². The third-order valence-electron chi connectivity index (χ3n) is 6.97. The maximum absolute atomic E-state index is 14.1. The SMILES string of the molecule is Cl.O=C(NC(=C[P+](c1ccccc1)(c1ccccc1)c1ccccc1)C(=O)N1CCCCC1)c1ccccc1. The van der Waals surface area contributed by atoms with E-state index < -0.39 is 7.26 Å². The number of halogens is 1. The van der Waals surface area contributed by atoms with Crippen LogP contribution in [0.3, 0.4) is 0 Å². The van der Waals surface area contributed by atoms with Gasteiger partial charge in [0, 0.05) is 18.7 Å². The largest absolute Gasteiger partial charge is 0.337 e. The van der Waals surface area contributed by atoms with Crippen LogP contribution < -0.4 is 21.2 Å². The molecule has 4 aromatic carbocycles. The second kappa shape index (κ2) is 13.4. The van der Waals surface area contributed by atoms with Crippen LogP contribution in [0.15, 0.2) is 133 Å². The van der Waals surface area contributed by atoms with E-state index in [1.807, 2.05) is 77.7 Å². The molecule has 0 radical (unpaired) electrons. The van der Waals surface area contributed by atoms with E-state index in [0.717, 1.165) is 35.2 Å². The first kappa shape index (κ1) is 28.3. The molecule has 0 unspecified atom stereocenters. The van der Waals surface area contributed by atoms with Crippen molar-refractivity contribution in [1.29, 1.82) is 0 Å². The van der Waals surface area contributed by atoms with E-state index in [2.05, 4.69) is 47.5 Å². The lowest BCUT2D eigenvalue weighted by molar-refractivity contribution is -0.128. The van der Waals surface area contributed by atoms with Crippen LogP contribution in [0, 0.1) is 0 Å². The van der Waals surface area contributed by atoms with Gasteiger partial charge in [0.1, 0.15) is 34.7 Å². The molecule has 0 atom stereocenters. The third kappa shape index (κ3) is 6.30. The van der Waals surface area contributed by atoms with Gasteiger partial charge < -0.3 is 10.2 Å². The predicted octanol–water partition coefficient (Wildman–Crippen LogP) is 5.69. The molecule has 1 aliphatic rings. The molecule has 39 heavy (non-hydrogen) atoms. The average molecular weight is 556 g/mol. The molecule has 1 heterocycles. The summed E-state index contributed by atoms with van der Waals surface area (Å²) in [7, 11) is -2.49. The summed E-state index contributed by atoms with van der Waals surface area (Å²) in [4.78, 5) is 29.4. The first-order chi connectivity index (χ1) is 18.7. The lowest BCUT2D eigenvalue weighted by atomic mass is 10.1. The summed E-state index contributed by atoms with van der Waals surface area (Å²) < 4.78 is 0. The zero-order valence-corrected chi connectivity index (χ0v) is 23.5. The van der Waals surface area contributed by atoms with Crippen molar-refractivity contribution in [3.63, 3.8) is 0 Å². The molecule has 0 saturated carbocycles. The van der Waals surface area contributed by atoms with Crippen molar-refractivity contribution in [3.05, 3.63) is 138 Å². The van der Waals surface area contributed by atoms with Crippen molar-refractivity contribution in [2.75, 3.05) is 13.1 Å². The fourth-order valence-electron chi connectivity index (χ4n) is 5.05. The Hall–Kier alpha value is -3.72. The minimum absolute atomic E-state index is 0. The van der Waals surface area contributed by atoms with Gasteiger partial charge in [-0.3, -0.25) is 9.59 Å². The number of carbonyl (C=O) groups is 2. The molecule has 1 N–H and O–H groups in total. The smallest absolute Gasteiger partial charge is 0.273 e. The van der Waals surface area contributed by atoms with Crippen molar-refractivity contribution >= 4 is 47.4 Å². The summed E-state index contributed by atoms with van der Waals surface area (Å²) in [5.74, 6) is 1.67. The highest BCUT2D eigenvalue weighted by atomic mass is 35.5. The van der Waals surface area contributed by atoms with Crippen LogP contribution in [0.25, 0.3) is 0 Å².